The first-order valence-corrected chi connectivity index (χ1v) is 10.6. The molecule has 0 aromatic rings. The van der Waals surface area contributed by atoms with Crippen molar-refractivity contribution in [2.75, 3.05) is 6.54 Å². The lowest BCUT2D eigenvalue weighted by Crippen LogP contribution is -2.54. The highest BCUT2D eigenvalue weighted by Gasteiger charge is 2.40. The van der Waals surface area contributed by atoms with E-state index in [4.69, 9.17) is 9.47 Å². The van der Waals surface area contributed by atoms with E-state index in [1.807, 2.05) is 6.92 Å². The number of amides is 4. The van der Waals surface area contributed by atoms with Crippen molar-refractivity contribution in [3.63, 3.8) is 0 Å². The first-order valence-electron chi connectivity index (χ1n) is 10.6. The Balaban J connectivity index is 5.11. The molecule has 31 heavy (non-hydrogen) atoms. The number of unbranched alkanes of at least 4 members (excludes halogenated alkanes) is 1. The Morgan fingerprint density at radius 1 is 0.839 bits per heavy atom. The summed E-state index contributed by atoms with van der Waals surface area (Å²) in [4.78, 5) is 51.1. The number of nitrogens with zero attached hydrogens (tertiary/aromatic N) is 2. The summed E-state index contributed by atoms with van der Waals surface area (Å²) >= 11 is 0. The Morgan fingerprint density at radius 2 is 1.32 bits per heavy atom. The molecule has 8 heteroatoms. The van der Waals surface area contributed by atoms with Crippen molar-refractivity contribution in [3.8, 4) is 0 Å². The Hall–Kier alpha value is -2.64. The number of imide groups is 2. The van der Waals surface area contributed by atoms with Gasteiger partial charge in [-0.1, -0.05) is 26.5 Å². The van der Waals surface area contributed by atoms with Gasteiger partial charge in [0.15, 0.2) is 0 Å². The Bertz CT molecular complexity index is 669. The van der Waals surface area contributed by atoms with Gasteiger partial charge in [0.05, 0.1) is 17.7 Å². The normalized spacial score (nSPS) is 12.2. The number of hydrogen-bond acceptors (Lipinski definition) is 6. The summed E-state index contributed by atoms with van der Waals surface area (Å²) in [7, 11) is 0. The van der Waals surface area contributed by atoms with E-state index in [-0.39, 0.29) is 24.7 Å². The molecule has 0 aliphatic carbocycles. The summed E-state index contributed by atoms with van der Waals surface area (Å²) in [5, 5.41) is 0. The molecular weight excluding hydrogens is 400 g/mol. The Morgan fingerprint density at radius 3 is 1.77 bits per heavy atom. The fourth-order valence-electron chi connectivity index (χ4n) is 2.92. The molecular formula is C23H38N2O6. The molecule has 0 fully saturated rings. The van der Waals surface area contributed by atoms with Crippen LogP contribution < -0.4 is 0 Å². The van der Waals surface area contributed by atoms with Crippen LogP contribution in [0.15, 0.2) is 25.3 Å². The lowest BCUT2D eigenvalue weighted by atomic mass is 9.83. The predicted octanol–water partition coefficient (Wildman–Crippen LogP) is 4.69. The zero-order valence-corrected chi connectivity index (χ0v) is 20.0. The van der Waals surface area contributed by atoms with Crippen molar-refractivity contribution in [1.29, 1.82) is 0 Å². The van der Waals surface area contributed by atoms with E-state index in [9.17, 15) is 19.2 Å². The van der Waals surface area contributed by atoms with E-state index in [0.717, 1.165) is 22.0 Å². The number of hydrogen-bond donors (Lipinski definition) is 0. The van der Waals surface area contributed by atoms with Crippen LogP contribution in [0.1, 0.15) is 67.7 Å². The van der Waals surface area contributed by atoms with Crippen LogP contribution >= 0.6 is 0 Å². The second kappa shape index (κ2) is 12.9. The minimum Gasteiger partial charge on any atom is -0.446 e. The van der Waals surface area contributed by atoms with Gasteiger partial charge in [-0.3, -0.25) is 9.59 Å². The third kappa shape index (κ3) is 8.94. The van der Waals surface area contributed by atoms with E-state index in [2.05, 4.69) is 13.2 Å². The molecule has 0 bridgehead atoms. The van der Waals surface area contributed by atoms with Crippen LogP contribution in [-0.4, -0.2) is 58.1 Å². The average molecular weight is 439 g/mol. The minimum absolute atomic E-state index is 0.0812. The SMILES string of the molecule is C=CC(=O)N(CCCCC(C)C(C)(C)N(C(=O)C=C)C(=O)OC(C)C)C(=O)OC(C)C. The summed E-state index contributed by atoms with van der Waals surface area (Å²) < 4.78 is 10.3. The van der Waals surface area contributed by atoms with Crippen LogP contribution in [0.25, 0.3) is 0 Å². The quantitative estimate of drug-likeness (QED) is 0.343. The highest BCUT2D eigenvalue weighted by atomic mass is 16.6. The summed E-state index contributed by atoms with van der Waals surface area (Å²) in [5.74, 6) is -1.12. The molecule has 0 saturated carbocycles. The molecule has 0 N–H and O–H groups in total. The number of rotatable bonds is 11. The highest BCUT2D eigenvalue weighted by molar-refractivity contribution is 5.99. The molecule has 0 heterocycles. The molecule has 0 saturated heterocycles. The zero-order chi connectivity index (χ0) is 24.4. The third-order valence-corrected chi connectivity index (χ3v) is 4.96. The number of ether oxygens (including phenoxy) is 2. The van der Waals surface area contributed by atoms with E-state index >= 15 is 0 Å². The van der Waals surface area contributed by atoms with Crippen LogP contribution in [0.5, 0.6) is 0 Å². The van der Waals surface area contributed by atoms with Gasteiger partial charge >= 0.3 is 12.2 Å². The third-order valence-electron chi connectivity index (χ3n) is 4.96. The van der Waals surface area contributed by atoms with Crippen LogP contribution in [-0.2, 0) is 19.1 Å². The summed E-state index contributed by atoms with van der Waals surface area (Å²) in [5.41, 5.74) is -0.829. The molecule has 0 spiro atoms. The van der Waals surface area contributed by atoms with Gasteiger partial charge in [-0.25, -0.2) is 19.4 Å². The molecule has 0 aliphatic rings. The van der Waals surface area contributed by atoms with Crippen LogP contribution in [0.2, 0.25) is 0 Å². The van der Waals surface area contributed by atoms with E-state index in [1.54, 1.807) is 41.5 Å². The van der Waals surface area contributed by atoms with E-state index in [1.165, 1.54) is 0 Å². The first kappa shape index (κ1) is 28.4. The smallest absolute Gasteiger partial charge is 0.417 e. The molecule has 4 amide bonds. The van der Waals surface area contributed by atoms with Crippen molar-refractivity contribution >= 4 is 24.0 Å². The van der Waals surface area contributed by atoms with Crippen molar-refractivity contribution < 1.29 is 28.7 Å². The number of carbonyl (C=O) groups is 4. The molecule has 176 valence electrons. The fourth-order valence-corrected chi connectivity index (χ4v) is 2.92. The Labute approximate surface area is 186 Å². The first-order chi connectivity index (χ1) is 14.3. The molecule has 8 nitrogen and oxygen atoms in total. The molecule has 0 aromatic carbocycles. The summed E-state index contributed by atoms with van der Waals surface area (Å²) in [6, 6.07) is 0. The molecule has 0 aliphatic heterocycles. The van der Waals surface area contributed by atoms with Gasteiger partial charge in [-0.05, 0) is 72.5 Å². The number of carbonyl (C=O) groups excluding carboxylic acids is 4. The lowest BCUT2D eigenvalue weighted by molar-refractivity contribution is -0.131. The van der Waals surface area contributed by atoms with Gasteiger partial charge in [-0.15, -0.1) is 0 Å². The van der Waals surface area contributed by atoms with Crippen molar-refractivity contribution in [2.24, 2.45) is 5.92 Å². The summed E-state index contributed by atoms with van der Waals surface area (Å²) in [6.07, 6.45) is 1.91. The van der Waals surface area contributed by atoms with E-state index in [0.29, 0.717) is 19.3 Å². The monoisotopic (exact) mass is 438 g/mol. The second-order valence-corrected chi connectivity index (χ2v) is 8.49. The lowest BCUT2D eigenvalue weighted by Gasteiger charge is -2.40. The maximum absolute atomic E-state index is 12.5. The van der Waals surface area contributed by atoms with Crippen molar-refractivity contribution in [1.82, 2.24) is 9.80 Å². The van der Waals surface area contributed by atoms with Gasteiger partial charge in [0.1, 0.15) is 0 Å². The maximum Gasteiger partial charge on any atom is 0.417 e. The van der Waals surface area contributed by atoms with Crippen molar-refractivity contribution in [3.05, 3.63) is 25.3 Å². The molecule has 1 atom stereocenters. The Kier molecular flexibility index (Phi) is 11.8. The molecule has 0 rings (SSSR count). The topological polar surface area (TPSA) is 93.2 Å². The largest absolute Gasteiger partial charge is 0.446 e. The summed E-state index contributed by atoms with van der Waals surface area (Å²) in [6.45, 7) is 19.5. The fraction of sp³-hybridized carbons (Fsp3) is 0.652. The minimum atomic E-state index is -0.829. The van der Waals surface area contributed by atoms with Crippen LogP contribution in [0.4, 0.5) is 9.59 Å². The predicted molar refractivity (Wildman–Crippen MR) is 119 cm³/mol. The van der Waals surface area contributed by atoms with Crippen LogP contribution in [0, 0.1) is 5.92 Å². The van der Waals surface area contributed by atoms with Gasteiger partial charge in [-0.2, -0.15) is 0 Å². The van der Waals surface area contributed by atoms with Crippen molar-refractivity contribution in [2.45, 2.75) is 85.5 Å². The van der Waals surface area contributed by atoms with Gasteiger partial charge < -0.3 is 9.47 Å². The molecule has 1 unspecified atom stereocenters. The maximum atomic E-state index is 12.5. The van der Waals surface area contributed by atoms with E-state index < -0.39 is 29.5 Å². The zero-order valence-electron chi connectivity index (χ0n) is 20.0. The molecule has 0 radical (unpaired) electrons. The van der Waals surface area contributed by atoms with Gasteiger partial charge in [0, 0.05) is 6.54 Å². The van der Waals surface area contributed by atoms with Gasteiger partial charge in [0.2, 0.25) is 0 Å². The molecule has 0 aromatic heterocycles. The standard InChI is InChI=1S/C23H38N2O6/c1-10-19(26)24(21(28)30-16(3)4)15-13-12-14-18(7)23(8,9)25(20(27)11-2)22(29)31-17(5)6/h10-11,16-18H,1-2,12-15H2,3-9H3. The second-order valence-electron chi connectivity index (χ2n) is 8.49. The average Bonchev–Trinajstić information content (AvgIpc) is 2.65. The highest BCUT2D eigenvalue weighted by Crippen LogP contribution is 2.30. The van der Waals surface area contributed by atoms with Crippen LogP contribution in [0.3, 0.4) is 0 Å². The van der Waals surface area contributed by atoms with Gasteiger partial charge in [0.25, 0.3) is 11.8 Å².